The van der Waals surface area contributed by atoms with E-state index in [-0.39, 0.29) is 18.1 Å². The Labute approximate surface area is 116 Å². The first-order valence-electron chi connectivity index (χ1n) is 5.85. The molecule has 2 nitrogen and oxygen atoms in total. The van der Waals surface area contributed by atoms with Crippen LogP contribution in [0.25, 0.3) is 11.1 Å². The summed E-state index contributed by atoms with van der Waals surface area (Å²) in [6.07, 6.45) is 0.192. The van der Waals surface area contributed by atoms with E-state index in [1.54, 1.807) is 43.4 Å². The maximum absolute atomic E-state index is 13.9. The van der Waals surface area contributed by atoms with Crippen LogP contribution in [0.1, 0.15) is 5.56 Å². The number of carbonyl (C=O) groups excluding carboxylic acids is 1. The maximum Gasteiger partial charge on any atom is 0.224 e. The molecule has 2 aromatic rings. The first kappa shape index (κ1) is 13.6. The Morgan fingerprint density at radius 2 is 1.95 bits per heavy atom. The molecule has 0 spiro atoms. The normalized spacial score (nSPS) is 10.3. The number of carbonyl (C=O) groups is 1. The van der Waals surface area contributed by atoms with Gasteiger partial charge in [0.05, 0.1) is 6.42 Å². The summed E-state index contributed by atoms with van der Waals surface area (Å²) in [5, 5.41) is 3.07. The lowest BCUT2D eigenvalue weighted by molar-refractivity contribution is -0.119. The van der Waals surface area contributed by atoms with Crippen LogP contribution in [0.3, 0.4) is 0 Å². The van der Waals surface area contributed by atoms with Gasteiger partial charge in [0.15, 0.2) is 0 Å². The molecule has 0 saturated carbocycles. The van der Waals surface area contributed by atoms with Gasteiger partial charge in [0.2, 0.25) is 5.91 Å². The Balaban J connectivity index is 2.52. The van der Waals surface area contributed by atoms with Crippen LogP contribution in [0, 0.1) is 5.82 Å². The molecule has 0 saturated heterocycles. The number of halogens is 2. The second-order valence-electron chi connectivity index (χ2n) is 4.13. The third-order valence-electron chi connectivity index (χ3n) is 2.87. The van der Waals surface area contributed by atoms with Gasteiger partial charge in [0.1, 0.15) is 5.82 Å². The van der Waals surface area contributed by atoms with E-state index in [4.69, 9.17) is 11.6 Å². The van der Waals surface area contributed by atoms with Crippen LogP contribution in [0.5, 0.6) is 0 Å². The van der Waals surface area contributed by atoms with Gasteiger partial charge in [-0.05, 0) is 29.3 Å². The van der Waals surface area contributed by atoms with E-state index in [1.165, 1.54) is 6.07 Å². The van der Waals surface area contributed by atoms with Crippen molar-refractivity contribution in [2.24, 2.45) is 0 Å². The van der Waals surface area contributed by atoms with Crippen molar-refractivity contribution >= 4 is 17.5 Å². The Morgan fingerprint density at radius 3 is 2.63 bits per heavy atom. The average molecular weight is 278 g/mol. The summed E-state index contributed by atoms with van der Waals surface area (Å²) in [6.45, 7) is 0. The van der Waals surface area contributed by atoms with Crippen molar-refractivity contribution in [3.63, 3.8) is 0 Å². The summed E-state index contributed by atoms with van der Waals surface area (Å²) in [4.78, 5) is 11.5. The zero-order valence-corrected chi connectivity index (χ0v) is 11.2. The Kier molecular flexibility index (Phi) is 4.17. The third-order valence-corrected chi connectivity index (χ3v) is 3.10. The molecular formula is C15H13ClFNO. The number of likely N-dealkylation sites (N-methyl/N-ethyl adjacent to an activating group) is 1. The van der Waals surface area contributed by atoms with Crippen molar-refractivity contribution in [2.45, 2.75) is 6.42 Å². The number of amides is 1. The zero-order chi connectivity index (χ0) is 13.8. The monoisotopic (exact) mass is 277 g/mol. The van der Waals surface area contributed by atoms with Crippen LogP contribution in [0.2, 0.25) is 5.02 Å². The Hall–Kier alpha value is -1.87. The van der Waals surface area contributed by atoms with E-state index in [9.17, 15) is 9.18 Å². The van der Waals surface area contributed by atoms with E-state index in [0.717, 1.165) is 5.56 Å². The van der Waals surface area contributed by atoms with Gasteiger partial charge in [-0.3, -0.25) is 4.79 Å². The minimum atomic E-state index is -0.331. The van der Waals surface area contributed by atoms with Crippen molar-refractivity contribution in [3.05, 3.63) is 58.9 Å². The number of hydrogen-bond acceptors (Lipinski definition) is 1. The number of hydrogen-bond donors (Lipinski definition) is 1. The van der Waals surface area contributed by atoms with E-state index in [0.29, 0.717) is 16.1 Å². The van der Waals surface area contributed by atoms with Gasteiger partial charge in [0.25, 0.3) is 0 Å². The number of rotatable bonds is 3. The predicted octanol–water partition coefficient (Wildman–Crippen LogP) is 3.43. The van der Waals surface area contributed by atoms with Crippen molar-refractivity contribution in [1.29, 1.82) is 0 Å². The van der Waals surface area contributed by atoms with Gasteiger partial charge in [-0.15, -0.1) is 0 Å². The Morgan fingerprint density at radius 1 is 1.21 bits per heavy atom. The summed E-state index contributed by atoms with van der Waals surface area (Å²) in [6, 6.07) is 11.6. The lowest BCUT2D eigenvalue weighted by Crippen LogP contribution is -2.20. The molecule has 0 aliphatic carbocycles. The summed E-state index contributed by atoms with van der Waals surface area (Å²) in [7, 11) is 1.57. The fourth-order valence-electron chi connectivity index (χ4n) is 1.89. The molecule has 1 N–H and O–H groups in total. The van der Waals surface area contributed by atoms with Gasteiger partial charge in [-0.2, -0.15) is 0 Å². The smallest absolute Gasteiger partial charge is 0.224 e. The summed E-state index contributed by atoms with van der Waals surface area (Å²) >= 11 is 5.97. The topological polar surface area (TPSA) is 29.1 Å². The SMILES string of the molecule is CNC(=O)Cc1ccc(Cl)cc1-c1ccccc1F. The number of nitrogens with one attached hydrogen (secondary N) is 1. The van der Waals surface area contributed by atoms with Gasteiger partial charge in [0, 0.05) is 17.6 Å². The molecule has 0 aromatic heterocycles. The van der Waals surface area contributed by atoms with Gasteiger partial charge in [-0.1, -0.05) is 35.9 Å². The molecule has 0 fully saturated rings. The van der Waals surface area contributed by atoms with E-state index >= 15 is 0 Å². The van der Waals surface area contributed by atoms with Crippen molar-refractivity contribution < 1.29 is 9.18 Å². The highest BCUT2D eigenvalue weighted by Gasteiger charge is 2.12. The molecule has 0 bridgehead atoms. The fraction of sp³-hybridized carbons (Fsp3) is 0.133. The van der Waals surface area contributed by atoms with Crippen molar-refractivity contribution in [2.75, 3.05) is 7.05 Å². The van der Waals surface area contributed by atoms with E-state index in [2.05, 4.69) is 5.32 Å². The summed E-state index contributed by atoms with van der Waals surface area (Å²) < 4.78 is 13.9. The van der Waals surface area contributed by atoms with Crippen LogP contribution >= 0.6 is 11.6 Å². The standard InChI is InChI=1S/C15H13ClFNO/c1-18-15(19)8-10-6-7-11(16)9-13(10)12-4-2-3-5-14(12)17/h2-7,9H,8H2,1H3,(H,18,19). The van der Waals surface area contributed by atoms with Crippen LogP contribution in [0.15, 0.2) is 42.5 Å². The second-order valence-corrected chi connectivity index (χ2v) is 4.57. The highest BCUT2D eigenvalue weighted by atomic mass is 35.5. The largest absolute Gasteiger partial charge is 0.359 e. The van der Waals surface area contributed by atoms with Gasteiger partial charge >= 0.3 is 0 Å². The molecule has 0 aliphatic heterocycles. The zero-order valence-electron chi connectivity index (χ0n) is 10.4. The molecule has 19 heavy (non-hydrogen) atoms. The fourth-order valence-corrected chi connectivity index (χ4v) is 2.07. The number of benzene rings is 2. The minimum Gasteiger partial charge on any atom is -0.359 e. The van der Waals surface area contributed by atoms with Crippen LogP contribution in [-0.2, 0) is 11.2 Å². The molecule has 0 radical (unpaired) electrons. The molecule has 98 valence electrons. The predicted molar refractivity (Wildman–Crippen MR) is 74.6 cm³/mol. The van der Waals surface area contributed by atoms with Gasteiger partial charge in [-0.25, -0.2) is 4.39 Å². The minimum absolute atomic E-state index is 0.125. The molecule has 2 aromatic carbocycles. The van der Waals surface area contributed by atoms with Crippen LogP contribution < -0.4 is 5.32 Å². The molecule has 0 aliphatic rings. The summed E-state index contributed by atoms with van der Waals surface area (Å²) in [5.41, 5.74) is 1.84. The molecule has 0 atom stereocenters. The molecular weight excluding hydrogens is 265 g/mol. The highest BCUT2D eigenvalue weighted by Crippen LogP contribution is 2.29. The second kappa shape index (κ2) is 5.85. The lowest BCUT2D eigenvalue weighted by Gasteiger charge is -2.10. The molecule has 0 heterocycles. The first-order chi connectivity index (χ1) is 9.11. The quantitative estimate of drug-likeness (QED) is 0.915. The van der Waals surface area contributed by atoms with E-state index in [1.807, 2.05) is 0 Å². The molecule has 0 unspecified atom stereocenters. The molecule has 4 heteroatoms. The highest BCUT2D eigenvalue weighted by molar-refractivity contribution is 6.30. The maximum atomic E-state index is 13.9. The van der Waals surface area contributed by atoms with Crippen molar-refractivity contribution in [1.82, 2.24) is 5.32 Å². The van der Waals surface area contributed by atoms with Crippen LogP contribution in [0.4, 0.5) is 4.39 Å². The van der Waals surface area contributed by atoms with E-state index < -0.39 is 0 Å². The summed E-state index contributed by atoms with van der Waals surface area (Å²) in [5.74, 6) is -0.456. The lowest BCUT2D eigenvalue weighted by atomic mass is 9.97. The molecule has 2 rings (SSSR count). The van der Waals surface area contributed by atoms with Crippen LogP contribution in [-0.4, -0.2) is 13.0 Å². The first-order valence-corrected chi connectivity index (χ1v) is 6.23. The average Bonchev–Trinajstić information content (AvgIpc) is 2.41. The van der Waals surface area contributed by atoms with Gasteiger partial charge < -0.3 is 5.32 Å². The Bertz CT molecular complexity index is 613. The molecule has 1 amide bonds. The third kappa shape index (κ3) is 3.12. The van der Waals surface area contributed by atoms with Crippen molar-refractivity contribution in [3.8, 4) is 11.1 Å².